The molecule has 0 aliphatic carbocycles. The standard InChI is InChI=1S/C26H29N3O3S2/c1-19(23-18-24(34-28-23)27-25(33-2)29-11-13-30-14-12-29)20-7-6-10-22(17-20)26(31-15-16-32-26)21-8-4-3-5-9-21/h3-10,17-19H,11-16H2,1-2H3/b27-25-. The molecule has 2 saturated heterocycles. The predicted molar refractivity (Wildman–Crippen MR) is 138 cm³/mol. The van der Waals surface area contributed by atoms with Gasteiger partial charge in [-0.25, -0.2) is 4.99 Å². The second-order valence-corrected chi connectivity index (χ2v) is 9.87. The van der Waals surface area contributed by atoms with Crippen molar-refractivity contribution in [2.24, 2.45) is 4.99 Å². The largest absolute Gasteiger partial charge is 0.378 e. The van der Waals surface area contributed by atoms with Crippen LogP contribution in [0.3, 0.4) is 0 Å². The lowest BCUT2D eigenvalue weighted by Gasteiger charge is -2.29. The Morgan fingerprint density at radius 1 is 1.00 bits per heavy atom. The summed E-state index contributed by atoms with van der Waals surface area (Å²) in [5.41, 5.74) is 4.21. The molecule has 1 unspecified atom stereocenters. The number of aliphatic imine (C=N–C) groups is 1. The zero-order valence-electron chi connectivity index (χ0n) is 19.5. The van der Waals surface area contributed by atoms with Gasteiger partial charge in [0.1, 0.15) is 5.00 Å². The molecule has 8 heteroatoms. The molecular formula is C26H29N3O3S2. The number of rotatable bonds is 5. The number of morpholine rings is 1. The first-order valence-electron chi connectivity index (χ1n) is 11.6. The van der Waals surface area contributed by atoms with Gasteiger partial charge in [0, 0.05) is 30.1 Å². The van der Waals surface area contributed by atoms with Crippen LogP contribution in [0.4, 0.5) is 5.00 Å². The first kappa shape index (κ1) is 23.5. The van der Waals surface area contributed by atoms with Crippen LogP contribution in [0.15, 0.2) is 65.7 Å². The molecule has 0 bridgehead atoms. The summed E-state index contributed by atoms with van der Waals surface area (Å²) < 4.78 is 22.6. The summed E-state index contributed by atoms with van der Waals surface area (Å²) in [7, 11) is 0. The first-order chi connectivity index (χ1) is 16.7. The topological polar surface area (TPSA) is 56.2 Å². The molecular weight excluding hydrogens is 466 g/mol. The second-order valence-electron chi connectivity index (χ2n) is 8.31. The van der Waals surface area contributed by atoms with Crippen LogP contribution in [0.25, 0.3) is 0 Å². The molecule has 5 rings (SSSR count). The fourth-order valence-electron chi connectivity index (χ4n) is 4.38. The van der Waals surface area contributed by atoms with E-state index in [1.807, 2.05) is 18.2 Å². The number of amidine groups is 1. The summed E-state index contributed by atoms with van der Waals surface area (Å²) in [6.45, 7) is 6.58. The smallest absolute Gasteiger partial charge is 0.222 e. The highest BCUT2D eigenvalue weighted by Crippen LogP contribution is 2.40. The van der Waals surface area contributed by atoms with Gasteiger partial charge < -0.3 is 19.1 Å². The number of nitrogens with zero attached hydrogens (tertiary/aromatic N) is 3. The molecule has 6 nitrogen and oxygen atoms in total. The van der Waals surface area contributed by atoms with Crippen molar-refractivity contribution in [2.45, 2.75) is 18.6 Å². The van der Waals surface area contributed by atoms with Crippen LogP contribution in [-0.4, -0.2) is 60.2 Å². The first-order valence-corrected chi connectivity index (χ1v) is 13.6. The maximum atomic E-state index is 6.20. The van der Waals surface area contributed by atoms with Crippen molar-refractivity contribution in [2.75, 3.05) is 45.8 Å². The third-order valence-electron chi connectivity index (χ3n) is 6.24. The second kappa shape index (κ2) is 10.6. The van der Waals surface area contributed by atoms with E-state index in [1.54, 1.807) is 11.8 Å². The average Bonchev–Trinajstić information content (AvgIpc) is 3.59. The van der Waals surface area contributed by atoms with Gasteiger partial charge in [-0.15, -0.1) is 0 Å². The molecule has 0 N–H and O–H groups in total. The third kappa shape index (κ3) is 4.78. The number of hydrogen-bond acceptors (Lipinski definition) is 7. The van der Waals surface area contributed by atoms with E-state index in [9.17, 15) is 0 Å². The van der Waals surface area contributed by atoms with E-state index in [-0.39, 0.29) is 5.92 Å². The van der Waals surface area contributed by atoms with Crippen molar-refractivity contribution >= 4 is 33.5 Å². The molecule has 178 valence electrons. The van der Waals surface area contributed by atoms with Gasteiger partial charge in [-0.1, -0.05) is 67.2 Å². The van der Waals surface area contributed by atoms with Gasteiger partial charge in [0.05, 0.1) is 32.1 Å². The van der Waals surface area contributed by atoms with Gasteiger partial charge in [-0.05, 0) is 35.5 Å². The molecule has 3 heterocycles. The van der Waals surface area contributed by atoms with Crippen LogP contribution < -0.4 is 0 Å². The molecule has 2 fully saturated rings. The molecule has 2 aromatic carbocycles. The van der Waals surface area contributed by atoms with Crippen molar-refractivity contribution in [1.82, 2.24) is 9.27 Å². The minimum atomic E-state index is -0.861. The van der Waals surface area contributed by atoms with Crippen molar-refractivity contribution in [3.05, 3.63) is 83.0 Å². The Balaban J connectivity index is 1.40. The van der Waals surface area contributed by atoms with Crippen molar-refractivity contribution < 1.29 is 14.2 Å². The van der Waals surface area contributed by atoms with E-state index in [0.29, 0.717) is 13.2 Å². The maximum absolute atomic E-state index is 6.20. The SMILES string of the molecule is CS/C(=N\c1cc(C(C)c2cccc(C3(c4ccccc4)OCCO3)c2)ns1)N1CCOCC1. The van der Waals surface area contributed by atoms with Crippen LogP contribution in [-0.2, 0) is 20.0 Å². The Bertz CT molecular complexity index is 1120. The Morgan fingerprint density at radius 2 is 1.74 bits per heavy atom. The van der Waals surface area contributed by atoms with Gasteiger partial charge >= 0.3 is 0 Å². The minimum absolute atomic E-state index is 0.121. The number of hydrogen-bond donors (Lipinski definition) is 0. The van der Waals surface area contributed by atoms with Crippen LogP contribution >= 0.6 is 23.3 Å². The monoisotopic (exact) mass is 495 g/mol. The van der Waals surface area contributed by atoms with E-state index in [1.165, 1.54) is 17.1 Å². The summed E-state index contributed by atoms with van der Waals surface area (Å²) in [5, 5.41) is 1.95. The quantitative estimate of drug-likeness (QED) is 0.357. The Hall–Kier alpha value is -2.23. The number of thioether (sulfide) groups is 1. The van der Waals surface area contributed by atoms with E-state index in [4.69, 9.17) is 23.6 Å². The van der Waals surface area contributed by atoms with Gasteiger partial charge in [0.25, 0.3) is 0 Å². The van der Waals surface area contributed by atoms with Crippen molar-refractivity contribution in [3.63, 3.8) is 0 Å². The van der Waals surface area contributed by atoms with Gasteiger partial charge in [0.15, 0.2) is 5.17 Å². The molecule has 0 spiro atoms. The predicted octanol–water partition coefficient (Wildman–Crippen LogP) is 5.23. The van der Waals surface area contributed by atoms with Crippen LogP contribution in [0.2, 0.25) is 0 Å². The Kier molecular flexibility index (Phi) is 7.32. The Labute approximate surface area is 209 Å². The van der Waals surface area contributed by atoms with E-state index in [0.717, 1.165) is 53.3 Å². The third-order valence-corrected chi connectivity index (χ3v) is 7.66. The summed E-state index contributed by atoms with van der Waals surface area (Å²) >= 11 is 3.12. The molecule has 1 atom stereocenters. The van der Waals surface area contributed by atoms with Gasteiger partial charge in [-0.3, -0.25) is 0 Å². The molecule has 1 aromatic heterocycles. The fourth-order valence-corrected chi connectivity index (χ4v) is 5.78. The summed E-state index contributed by atoms with van der Waals surface area (Å²) in [6.07, 6.45) is 2.07. The summed E-state index contributed by atoms with van der Waals surface area (Å²) in [4.78, 5) is 7.18. The molecule has 0 saturated carbocycles. The number of aromatic nitrogens is 1. The highest BCUT2D eigenvalue weighted by Gasteiger charge is 2.40. The Morgan fingerprint density at radius 3 is 2.47 bits per heavy atom. The van der Waals surface area contributed by atoms with Crippen molar-refractivity contribution in [1.29, 1.82) is 0 Å². The molecule has 3 aromatic rings. The summed E-state index contributed by atoms with van der Waals surface area (Å²) in [5.74, 6) is -0.740. The highest BCUT2D eigenvalue weighted by atomic mass is 32.2. The van der Waals surface area contributed by atoms with E-state index >= 15 is 0 Å². The summed E-state index contributed by atoms with van der Waals surface area (Å²) in [6, 6.07) is 20.8. The van der Waals surface area contributed by atoms with E-state index < -0.39 is 5.79 Å². The molecule has 0 radical (unpaired) electrons. The number of benzene rings is 2. The van der Waals surface area contributed by atoms with Crippen molar-refractivity contribution in [3.8, 4) is 0 Å². The maximum Gasteiger partial charge on any atom is 0.222 e. The van der Waals surface area contributed by atoms with Gasteiger partial charge in [-0.2, -0.15) is 4.37 Å². The zero-order valence-corrected chi connectivity index (χ0v) is 21.1. The zero-order chi connectivity index (χ0) is 23.4. The van der Waals surface area contributed by atoms with Crippen LogP contribution in [0.5, 0.6) is 0 Å². The van der Waals surface area contributed by atoms with Crippen LogP contribution in [0, 0.1) is 0 Å². The molecule has 2 aliphatic heterocycles. The van der Waals surface area contributed by atoms with Gasteiger partial charge in [0.2, 0.25) is 5.79 Å². The lowest BCUT2D eigenvalue weighted by Crippen LogP contribution is -2.39. The lowest BCUT2D eigenvalue weighted by atomic mass is 9.91. The molecule has 2 aliphatic rings. The minimum Gasteiger partial charge on any atom is -0.378 e. The normalized spacial score (nSPS) is 19.4. The lowest BCUT2D eigenvalue weighted by molar-refractivity contribution is -0.129. The number of ether oxygens (including phenoxy) is 3. The average molecular weight is 496 g/mol. The fraction of sp³-hybridized carbons (Fsp3) is 0.385. The highest BCUT2D eigenvalue weighted by molar-refractivity contribution is 8.13. The van der Waals surface area contributed by atoms with E-state index in [2.05, 4.69) is 60.5 Å². The molecule has 34 heavy (non-hydrogen) atoms. The molecule has 0 amide bonds. The van der Waals surface area contributed by atoms with Crippen LogP contribution in [0.1, 0.15) is 35.2 Å².